The molecular formula is C12H15N3O5S. The summed E-state index contributed by atoms with van der Waals surface area (Å²) in [5, 5.41) is 10.9. The van der Waals surface area contributed by atoms with Crippen LogP contribution in [0.3, 0.4) is 0 Å². The molecule has 0 aromatic carbocycles. The van der Waals surface area contributed by atoms with Gasteiger partial charge >= 0.3 is 5.97 Å². The highest BCUT2D eigenvalue weighted by Gasteiger charge is 2.14. The molecule has 0 saturated heterocycles. The zero-order chi connectivity index (χ0) is 15.9. The molecular weight excluding hydrogens is 298 g/mol. The smallest absolute Gasteiger partial charge is 0.328 e. The van der Waals surface area contributed by atoms with Gasteiger partial charge < -0.3 is 10.4 Å². The van der Waals surface area contributed by atoms with Crippen molar-refractivity contribution < 1.29 is 23.1 Å². The second kappa shape index (κ2) is 7.50. The summed E-state index contributed by atoms with van der Waals surface area (Å²) >= 11 is 0. The predicted octanol–water partition coefficient (Wildman–Crippen LogP) is -0.406. The number of sulfonamides is 1. The van der Waals surface area contributed by atoms with Crippen LogP contribution in [0.5, 0.6) is 0 Å². The Kier molecular flexibility index (Phi) is 6.00. The first kappa shape index (κ1) is 16.8. The molecule has 0 spiro atoms. The number of nitrogens with zero attached hydrogens (tertiary/aromatic N) is 1. The number of pyridine rings is 1. The largest absolute Gasteiger partial charge is 0.478 e. The van der Waals surface area contributed by atoms with Gasteiger partial charge in [-0.1, -0.05) is 0 Å². The van der Waals surface area contributed by atoms with Crippen molar-refractivity contribution in [1.82, 2.24) is 15.0 Å². The molecule has 21 heavy (non-hydrogen) atoms. The van der Waals surface area contributed by atoms with Gasteiger partial charge in [0.15, 0.2) is 0 Å². The van der Waals surface area contributed by atoms with E-state index in [1.54, 1.807) is 0 Å². The number of rotatable bonds is 7. The predicted molar refractivity (Wildman–Crippen MR) is 74.8 cm³/mol. The summed E-state index contributed by atoms with van der Waals surface area (Å²) in [5.74, 6) is -1.43. The molecule has 1 aromatic rings. The molecule has 1 aromatic heterocycles. The van der Waals surface area contributed by atoms with Crippen molar-refractivity contribution in [2.24, 2.45) is 0 Å². The number of carboxylic acid groups (broad SMARTS) is 1. The van der Waals surface area contributed by atoms with Crippen LogP contribution in [0.25, 0.3) is 6.08 Å². The van der Waals surface area contributed by atoms with E-state index in [4.69, 9.17) is 5.11 Å². The molecule has 9 heteroatoms. The fourth-order valence-corrected chi connectivity index (χ4v) is 2.38. The second-order valence-electron chi connectivity index (χ2n) is 3.95. The number of nitrogens with one attached hydrogen (secondary N) is 2. The zero-order valence-electron chi connectivity index (χ0n) is 11.2. The molecule has 114 valence electrons. The van der Waals surface area contributed by atoms with Crippen LogP contribution >= 0.6 is 0 Å². The van der Waals surface area contributed by atoms with Crippen molar-refractivity contribution in [2.45, 2.75) is 11.3 Å². The third kappa shape index (κ3) is 5.71. The van der Waals surface area contributed by atoms with Gasteiger partial charge in [-0.05, 0) is 17.7 Å². The van der Waals surface area contributed by atoms with E-state index < -0.39 is 16.0 Å². The summed E-state index contributed by atoms with van der Waals surface area (Å²) < 4.78 is 26.2. The highest BCUT2D eigenvalue weighted by molar-refractivity contribution is 7.89. The number of aliphatic carboxylic acids is 1. The zero-order valence-corrected chi connectivity index (χ0v) is 12.1. The topological polar surface area (TPSA) is 125 Å². The molecule has 1 amide bonds. The molecule has 3 N–H and O–H groups in total. The number of hydrogen-bond acceptors (Lipinski definition) is 5. The Morgan fingerprint density at radius 3 is 2.71 bits per heavy atom. The molecule has 0 atom stereocenters. The van der Waals surface area contributed by atoms with Crippen LogP contribution in [0.15, 0.2) is 29.4 Å². The normalized spacial score (nSPS) is 11.5. The summed E-state index contributed by atoms with van der Waals surface area (Å²) in [7, 11) is -2.34. The van der Waals surface area contributed by atoms with Crippen molar-refractivity contribution >= 4 is 28.0 Å². The fraction of sp³-hybridized carbons (Fsp3) is 0.250. The van der Waals surface area contributed by atoms with Crippen LogP contribution in [-0.4, -0.2) is 44.0 Å². The standard InChI is InChI=1S/C12H15N3O5S/c1-13-11(16)4-5-15-21(19,20)10-6-9(7-14-8-10)2-3-12(17)18/h2-3,6-8,15H,4-5H2,1H3,(H,13,16)(H,17,18). The minimum absolute atomic E-state index is 0.0156. The van der Waals surface area contributed by atoms with Gasteiger partial charge in [0, 0.05) is 38.5 Å². The van der Waals surface area contributed by atoms with Gasteiger partial charge in [0.25, 0.3) is 0 Å². The summed E-state index contributed by atoms with van der Waals surface area (Å²) in [6.07, 6.45) is 4.61. The van der Waals surface area contributed by atoms with Crippen molar-refractivity contribution in [3.05, 3.63) is 30.1 Å². The van der Waals surface area contributed by atoms with Gasteiger partial charge in [-0.3, -0.25) is 9.78 Å². The van der Waals surface area contributed by atoms with Gasteiger partial charge in [0.1, 0.15) is 4.90 Å². The maximum absolute atomic E-state index is 12.0. The van der Waals surface area contributed by atoms with Crippen molar-refractivity contribution in [3.63, 3.8) is 0 Å². The number of carbonyl (C=O) groups excluding carboxylic acids is 1. The maximum atomic E-state index is 12.0. The number of amides is 1. The quantitative estimate of drug-likeness (QED) is 0.588. The molecule has 0 unspecified atom stereocenters. The Labute approximate surface area is 121 Å². The molecule has 0 aliphatic rings. The Balaban J connectivity index is 2.81. The summed E-state index contributed by atoms with van der Waals surface area (Å²) in [4.78, 5) is 25.1. The van der Waals surface area contributed by atoms with E-state index in [0.29, 0.717) is 5.56 Å². The first-order valence-corrected chi connectivity index (χ1v) is 7.40. The molecule has 0 aliphatic carbocycles. The molecule has 0 radical (unpaired) electrons. The average molecular weight is 313 g/mol. The lowest BCUT2D eigenvalue weighted by atomic mass is 10.2. The fourth-order valence-electron chi connectivity index (χ4n) is 1.35. The van der Waals surface area contributed by atoms with E-state index in [9.17, 15) is 18.0 Å². The van der Waals surface area contributed by atoms with E-state index in [1.165, 1.54) is 25.4 Å². The van der Waals surface area contributed by atoms with Crippen molar-refractivity contribution in [1.29, 1.82) is 0 Å². The van der Waals surface area contributed by atoms with Crippen LogP contribution in [0, 0.1) is 0 Å². The molecule has 1 heterocycles. The van der Waals surface area contributed by atoms with E-state index >= 15 is 0 Å². The average Bonchev–Trinajstić information content (AvgIpc) is 2.45. The minimum Gasteiger partial charge on any atom is -0.478 e. The number of carbonyl (C=O) groups is 2. The van der Waals surface area contributed by atoms with E-state index in [0.717, 1.165) is 12.3 Å². The van der Waals surface area contributed by atoms with Gasteiger partial charge in [0.05, 0.1) is 0 Å². The van der Waals surface area contributed by atoms with Crippen LogP contribution < -0.4 is 10.0 Å². The van der Waals surface area contributed by atoms with E-state index in [1.807, 2.05) is 0 Å². The highest BCUT2D eigenvalue weighted by atomic mass is 32.2. The van der Waals surface area contributed by atoms with Gasteiger partial charge in [-0.15, -0.1) is 0 Å². The molecule has 0 fully saturated rings. The Bertz CT molecular complexity index is 655. The SMILES string of the molecule is CNC(=O)CCNS(=O)(=O)c1cncc(C=CC(=O)O)c1. The van der Waals surface area contributed by atoms with Crippen LogP contribution in [-0.2, 0) is 19.6 Å². The molecule has 0 bridgehead atoms. The maximum Gasteiger partial charge on any atom is 0.328 e. The third-order valence-electron chi connectivity index (χ3n) is 2.39. The van der Waals surface area contributed by atoms with Gasteiger partial charge in [-0.25, -0.2) is 17.9 Å². The van der Waals surface area contributed by atoms with Crippen molar-refractivity contribution in [2.75, 3.05) is 13.6 Å². The molecule has 0 saturated carbocycles. The lowest BCUT2D eigenvalue weighted by molar-refractivity contribution is -0.131. The molecule has 1 rings (SSSR count). The van der Waals surface area contributed by atoms with Gasteiger partial charge in [-0.2, -0.15) is 0 Å². The van der Waals surface area contributed by atoms with E-state index in [2.05, 4.69) is 15.0 Å². The Hall–Kier alpha value is -2.26. The Morgan fingerprint density at radius 2 is 2.10 bits per heavy atom. The number of hydrogen-bond donors (Lipinski definition) is 3. The van der Waals surface area contributed by atoms with Crippen LogP contribution in [0.1, 0.15) is 12.0 Å². The van der Waals surface area contributed by atoms with Crippen molar-refractivity contribution in [3.8, 4) is 0 Å². The lowest BCUT2D eigenvalue weighted by Gasteiger charge is -2.06. The third-order valence-corrected chi connectivity index (χ3v) is 3.81. The first-order valence-electron chi connectivity index (χ1n) is 5.91. The molecule has 8 nitrogen and oxygen atoms in total. The summed E-state index contributed by atoms with van der Waals surface area (Å²) in [6.45, 7) is -0.0444. The minimum atomic E-state index is -3.80. The van der Waals surface area contributed by atoms with Gasteiger partial charge in [0.2, 0.25) is 15.9 Å². The van der Waals surface area contributed by atoms with E-state index in [-0.39, 0.29) is 23.8 Å². The summed E-state index contributed by atoms with van der Waals surface area (Å²) in [5.41, 5.74) is 0.339. The van der Waals surface area contributed by atoms with Crippen LogP contribution in [0.4, 0.5) is 0 Å². The number of carboxylic acids is 1. The summed E-state index contributed by atoms with van der Waals surface area (Å²) in [6, 6.07) is 1.29. The monoisotopic (exact) mass is 313 g/mol. The highest BCUT2D eigenvalue weighted by Crippen LogP contribution is 2.10. The van der Waals surface area contributed by atoms with Crippen LogP contribution in [0.2, 0.25) is 0 Å². The molecule has 0 aliphatic heterocycles. The lowest BCUT2D eigenvalue weighted by Crippen LogP contribution is -2.29. The Morgan fingerprint density at radius 1 is 1.38 bits per heavy atom. The number of aromatic nitrogens is 1. The second-order valence-corrected chi connectivity index (χ2v) is 5.71. The first-order chi connectivity index (χ1) is 9.85.